The number of nitrogens with zero attached hydrogens (tertiary/aromatic N) is 3. The predicted octanol–water partition coefficient (Wildman–Crippen LogP) is -1.04. The molecule has 0 unspecified atom stereocenters. The molecule has 0 fully saturated rings. The molecule has 4 heteroatoms. The van der Waals surface area contributed by atoms with Crippen molar-refractivity contribution < 1.29 is 0 Å². The number of nitrogens with one attached hydrogen (secondary N) is 1. The molecule has 30 valence electrons. The van der Waals surface area contributed by atoms with E-state index < -0.39 is 0 Å². The molecule has 2 radical (unpaired) electrons. The molecule has 0 aromatic heterocycles. The molecule has 0 saturated heterocycles. The number of hydrogen-bond donors (Lipinski definition) is 1. The van der Waals surface area contributed by atoms with E-state index >= 15 is 0 Å². The summed E-state index contributed by atoms with van der Waals surface area (Å²) in [5.41, 5.74) is 5.49. The standard InChI is InChI=1S/C2H2N4/c1-2-4-6-5-3-1/h1,6H. The van der Waals surface area contributed by atoms with Crippen LogP contribution in [0, 0.1) is 0 Å². The van der Waals surface area contributed by atoms with E-state index in [1.165, 1.54) is 6.21 Å². The van der Waals surface area contributed by atoms with Gasteiger partial charge < -0.3 is 0 Å². The molecule has 1 aliphatic heterocycles. The maximum atomic E-state index is 3.36. The van der Waals surface area contributed by atoms with Gasteiger partial charge in [0.1, 0.15) is 6.21 Å². The zero-order valence-corrected chi connectivity index (χ0v) is 2.92. The lowest BCUT2D eigenvalue weighted by Gasteiger charge is -1.91. The number of rotatable bonds is 0. The highest BCUT2D eigenvalue weighted by Crippen LogP contribution is 1.60. The Morgan fingerprint density at radius 1 is 1.67 bits per heavy atom. The molecule has 6 heavy (non-hydrogen) atoms. The zero-order chi connectivity index (χ0) is 4.24. The smallest absolute Gasteiger partial charge is 0.134 e. The minimum atomic E-state index is 1.37. The van der Waals surface area contributed by atoms with Gasteiger partial charge in [-0.1, -0.05) is 5.53 Å². The molecule has 0 amide bonds. The Kier molecular flexibility index (Phi) is 0.731. The third-order valence-corrected chi connectivity index (χ3v) is 0.332. The fourth-order valence-corrected chi connectivity index (χ4v) is 0.161. The summed E-state index contributed by atoms with van der Waals surface area (Å²) >= 11 is 0. The van der Waals surface area contributed by atoms with Crippen LogP contribution in [0.4, 0.5) is 0 Å². The lowest BCUT2D eigenvalue weighted by molar-refractivity contribution is 0.570. The van der Waals surface area contributed by atoms with Crippen LogP contribution in [-0.4, -0.2) is 12.4 Å². The normalized spacial score (nSPS) is 16.0. The quantitative estimate of drug-likeness (QED) is 0.398. The van der Waals surface area contributed by atoms with Crippen LogP contribution in [0.2, 0.25) is 0 Å². The van der Waals surface area contributed by atoms with Gasteiger partial charge in [0, 0.05) is 0 Å². The largest absolute Gasteiger partial charge is 0.178 e. The minimum Gasteiger partial charge on any atom is -0.178 e. The van der Waals surface area contributed by atoms with Crippen LogP contribution in [0.15, 0.2) is 10.2 Å². The fraction of sp³-hybridized carbons (Fsp3) is 0. The third kappa shape index (κ3) is 0.453. The number of hydrogen-bond acceptors (Lipinski definition) is 3. The van der Waals surface area contributed by atoms with Crippen LogP contribution in [0.25, 0.3) is 0 Å². The van der Waals surface area contributed by atoms with Gasteiger partial charge in [0.15, 0.2) is 0 Å². The summed E-state index contributed by atoms with van der Waals surface area (Å²) in [5, 5.41) is 6.72. The average Bonchev–Trinajstić information content (AvgIpc) is 1.72. The summed E-state index contributed by atoms with van der Waals surface area (Å²) < 4.78 is 0. The first-order valence-electron chi connectivity index (χ1n) is 1.42. The second-order valence-corrected chi connectivity index (χ2v) is 0.685. The van der Waals surface area contributed by atoms with Gasteiger partial charge in [0.25, 0.3) is 0 Å². The Morgan fingerprint density at radius 3 is 2.83 bits per heavy atom. The minimum absolute atomic E-state index is 1.37. The first-order chi connectivity index (χ1) is 3.00. The molecule has 0 saturated carbocycles. The molecule has 1 aliphatic rings. The van der Waals surface area contributed by atoms with Gasteiger partial charge in [0.2, 0.25) is 0 Å². The van der Waals surface area contributed by atoms with Gasteiger partial charge in [-0.25, -0.2) is 0 Å². The average molecular weight is 82.1 g/mol. The van der Waals surface area contributed by atoms with Crippen molar-refractivity contribution in [2.24, 2.45) is 10.2 Å². The van der Waals surface area contributed by atoms with Crippen molar-refractivity contribution in [1.82, 2.24) is 11.1 Å². The first-order valence-corrected chi connectivity index (χ1v) is 1.42. The van der Waals surface area contributed by atoms with Crippen LogP contribution in [0.3, 0.4) is 0 Å². The van der Waals surface area contributed by atoms with E-state index in [1.54, 1.807) is 0 Å². The van der Waals surface area contributed by atoms with Crippen molar-refractivity contribution >= 4 is 12.4 Å². The maximum absolute atomic E-state index is 3.36. The highest BCUT2D eigenvalue weighted by molar-refractivity contribution is 6.16. The van der Waals surface area contributed by atoms with Crippen molar-refractivity contribution in [2.75, 3.05) is 0 Å². The van der Waals surface area contributed by atoms with Crippen LogP contribution < -0.4 is 11.1 Å². The predicted molar refractivity (Wildman–Crippen MR) is 21.2 cm³/mol. The SMILES string of the molecule is [C]1=NN[N]N=C1. The van der Waals surface area contributed by atoms with Crippen LogP contribution in [-0.2, 0) is 0 Å². The molecule has 0 atom stereocenters. The molecule has 1 heterocycles. The summed E-state index contributed by atoms with van der Waals surface area (Å²) in [7, 11) is 0. The summed E-state index contributed by atoms with van der Waals surface area (Å²) in [6.45, 7) is 0. The second-order valence-electron chi connectivity index (χ2n) is 0.685. The van der Waals surface area contributed by atoms with E-state index in [-0.39, 0.29) is 0 Å². The lowest BCUT2D eigenvalue weighted by Crippen LogP contribution is -2.16. The zero-order valence-electron chi connectivity index (χ0n) is 2.92. The third-order valence-electron chi connectivity index (χ3n) is 0.332. The Balaban J connectivity index is 2.46. The Hall–Kier alpha value is -1.06. The van der Waals surface area contributed by atoms with Crippen LogP contribution >= 0.6 is 0 Å². The number of hydrazone groups is 1. The van der Waals surface area contributed by atoms with E-state index in [2.05, 4.69) is 27.5 Å². The molecule has 0 spiro atoms. The van der Waals surface area contributed by atoms with Crippen molar-refractivity contribution in [3.8, 4) is 0 Å². The topological polar surface area (TPSA) is 50.9 Å². The second kappa shape index (κ2) is 1.40. The monoisotopic (exact) mass is 82.0 g/mol. The highest BCUT2D eigenvalue weighted by atomic mass is 15.7. The molecule has 0 aliphatic carbocycles. The molecule has 1 N–H and O–H groups in total. The van der Waals surface area contributed by atoms with Crippen molar-refractivity contribution in [2.45, 2.75) is 0 Å². The van der Waals surface area contributed by atoms with Crippen LogP contribution in [0.5, 0.6) is 0 Å². The van der Waals surface area contributed by atoms with Gasteiger partial charge in [-0.2, -0.15) is 10.6 Å². The summed E-state index contributed by atoms with van der Waals surface area (Å²) in [4.78, 5) is 0. The molecule has 1 rings (SSSR count). The van der Waals surface area contributed by atoms with Gasteiger partial charge in [-0.15, -0.1) is 5.10 Å². The molecular weight excluding hydrogens is 80.0 g/mol. The maximum Gasteiger partial charge on any atom is 0.134 e. The summed E-state index contributed by atoms with van der Waals surface area (Å²) in [6, 6.07) is 0. The first kappa shape index (κ1) is 3.14. The van der Waals surface area contributed by atoms with Gasteiger partial charge >= 0.3 is 0 Å². The van der Waals surface area contributed by atoms with Crippen molar-refractivity contribution in [3.05, 3.63) is 0 Å². The fourth-order valence-electron chi connectivity index (χ4n) is 0.161. The van der Waals surface area contributed by atoms with Gasteiger partial charge in [-0.3, -0.25) is 0 Å². The van der Waals surface area contributed by atoms with Gasteiger partial charge in [0.05, 0.1) is 6.21 Å². The Labute approximate surface area is 34.9 Å². The molecule has 0 aromatic carbocycles. The van der Waals surface area contributed by atoms with Crippen molar-refractivity contribution in [3.63, 3.8) is 0 Å². The Morgan fingerprint density at radius 2 is 2.67 bits per heavy atom. The lowest BCUT2D eigenvalue weighted by atomic mass is 10.8. The molecule has 4 nitrogen and oxygen atoms in total. The van der Waals surface area contributed by atoms with Gasteiger partial charge in [-0.05, 0) is 0 Å². The van der Waals surface area contributed by atoms with E-state index in [0.717, 1.165) is 0 Å². The van der Waals surface area contributed by atoms with E-state index in [0.29, 0.717) is 0 Å². The van der Waals surface area contributed by atoms with Crippen molar-refractivity contribution in [1.29, 1.82) is 0 Å². The van der Waals surface area contributed by atoms with E-state index in [4.69, 9.17) is 0 Å². The summed E-state index contributed by atoms with van der Waals surface area (Å²) in [5.74, 6) is 0. The molecular formula is C2H2N4. The molecule has 0 bridgehead atoms. The van der Waals surface area contributed by atoms with Crippen LogP contribution in [0.1, 0.15) is 0 Å². The van der Waals surface area contributed by atoms with E-state index in [9.17, 15) is 0 Å². The van der Waals surface area contributed by atoms with E-state index in [1.807, 2.05) is 0 Å². The highest BCUT2D eigenvalue weighted by Gasteiger charge is 1.76. The summed E-state index contributed by atoms with van der Waals surface area (Å²) in [6.07, 6.45) is 3.78. The Bertz CT molecular complexity index is 71.5. The molecule has 0 aromatic rings.